The molecule has 0 aromatic heterocycles. The standard InChI is InChI=1S/C33H40N4O4/c1-19(34)27(20(2)35-32(39)41-33(3,4)5)22-13-15-24(16-14-22)36-30(38)29-28(23-11-12-23)25-17-26(25)31(37-29)40-18-21-9-7-6-8-10-21/h6-10,13-16,23,25,28-29,34,37H,11-12,17-18H2,1-5H3,(H,35,39)(H,36,38)/b27-20+,34-19?/t25?,28?,29-/m0/s1. The maximum atomic E-state index is 13.6. The third-order valence-electron chi connectivity index (χ3n) is 7.71. The zero-order chi connectivity index (χ0) is 29.3. The first kappa shape index (κ1) is 28.5. The third kappa shape index (κ3) is 6.99. The first-order chi connectivity index (χ1) is 19.5. The van der Waals surface area contributed by atoms with Crippen molar-refractivity contribution >= 4 is 29.0 Å². The zero-order valence-corrected chi connectivity index (χ0v) is 24.5. The fourth-order valence-electron chi connectivity index (χ4n) is 5.73. The van der Waals surface area contributed by atoms with Gasteiger partial charge in [0.1, 0.15) is 18.2 Å². The Labute approximate surface area is 242 Å². The van der Waals surface area contributed by atoms with Crippen molar-refractivity contribution in [3.63, 3.8) is 0 Å². The summed E-state index contributed by atoms with van der Waals surface area (Å²) in [4.78, 5) is 25.9. The summed E-state index contributed by atoms with van der Waals surface area (Å²) in [5.41, 5.74) is 4.65. The van der Waals surface area contributed by atoms with E-state index in [0.29, 0.717) is 41.1 Å². The van der Waals surface area contributed by atoms with Gasteiger partial charge in [-0.25, -0.2) is 4.79 Å². The number of hydrogen-bond acceptors (Lipinski definition) is 6. The number of nitrogens with one attached hydrogen (secondary N) is 4. The van der Waals surface area contributed by atoms with E-state index < -0.39 is 11.7 Å². The van der Waals surface area contributed by atoms with Crippen LogP contribution in [-0.4, -0.2) is 29.4 Å². The Morgan fingerprint density at radius 3 is 2.32 bits per heavy atom. The molecule has 2 saturated carbocycles. The topological polar surface area (TPSA) is 113 Å². The number of rotatable bonds is 9. The predicted molar refractivity (Wildman–Crippen MR) is 160 cm³/mol. The lowest BCUT2D eigenvalue weighted by molar-refractivity contribution is -0.120. The number of alkyl carbamates (subject to hydrolysis) is 1. The van der Waals surface area contributed by atoms with E-state index in [-0.39, 0.29) is 17.9 Å². The minimum Gasteiger partial charge on any atom is -0.474 e. The molecule has 2 aromatic carbocycles. The van der Waals surface area contributed by atoms with Crippen LogP contribution >= 0.6 is 0 Å². The maximum Gasteiger partial charge on any atom is 0.411 e. The highest BCUT2D eigenvalue weighted by Crippen LogP contribution is 2.57. The molecule has 2 aromatic rings. The van der Waals surface area contributed by atoms with Crippen LogP contribution < -0.4 is 16.0 Å². The summed E-state index contributed by atoms with van der Waals surface area (Å²) >= 11 is 0. The van der Waals surface area contributed by atoms with Crippen molar-refractivity contribution < 1.29 is 19.1 Å². The van der Waals surface area contributed by atoms with Crippen LogP contribution in [0, 0.1) is 23.2 Å². The highest BCUT2D eigenvalue weighted by atomic mass is 16.6. The average molecular weight is 557 g/mol. The summed E-state index contributed by atoms with van der Waals surface area (Å²) in [6.45, 7) is 9.29. The maximum absolute atomic E-state index is 13.6. The van der Waals surface area contributed by atoms with Gasteiger partial charge in [-0.05, 0) is 100 Å². The number of benzene rings is 2. The summed E-state index contributed by atoms with van der Waals surface area (Å²) in [6.07, 6.45) is 2.77. The monoisotopic (exact) mass is 556 g/mol. The SMILES string of the molecule is CC(=N)/C(=C(/C)NC(=O)OC(C)(C)C)c1ccc(NC(=O)[C@H]2NC(OCc3ccccc3)=C3CC3C2C2CC2)cc1. The van der Waals surface area contributed by atoms with Gasteiger partial charge in [0.15, 0.2) is 5.88 Å². The molecule has 2 aliphatic carbocycles. The van der Waals surface area contributed by atoms with Crippen molar-refractivity contribution in [2.75, 3.05) is 5.32 Å². The van der Waals surface area contributed by atoms with Gasteiger partial charge >= 0.3 is 6.09 Å². The normalized spacial score (nSPS) is 22.0. The summed E-state index contributed by atoms with van der Waals surface area (Å²) in [5, 5.41) is 17.6. The van der Waals surface area contributed by atoms with Gasteiger partial charge in [0.25, 0.3) is 0 Å². The second kappa shape index (κ2) is 11.4. The van der Waals surface area contributed by atoms with Gasteiger partial charge in [0.05, 0.1) is 0 Å². The molecular weight excluding hydrogens is 516 g/mol. The molecule has 3 atom stereocenters. The van der Waals surface area contributed by atoms with E-state index in [4.69, 9.17) is 14.9 Å². The van der Waals surface area contributed by atoms with Crippen molar-refractivity contribution in [3.8, 4) is 0 Å². The lowest BCUT2D eigenvalue weighted by Crippen LogP contribution is -2.49. The minimum atomic E-state index is -0.624. The smallest absolute Gasteiger partial charge is 0.411 e. The third-order valence-corrected chi connectivity index (χ3v) is 7.71. The first-order valence-electron chi connectivity index (χ1n) is 14.3. The Morgan fingerprint density at radius 1 is 1.02 bits per heavy atom. The highest BCUT2D eigenvalue weighted by Gasteiger charge is 2.55. The number of anilines is 1. The lowest BCUT2D eigenvalue weighted by Gasteiger charge is -2.32. The molecule has 8 heteroatoms. The summed E-state index contributed by atoms with van der Waals surface area (Å²) < 4.78 is 11.5. The number of hydrogen-bond donors (Lipinski definition) is 4. The zero-order valence-electron chi connectivity index (χ0n) is 24.5. The molecule has 2 fully saturated rings. The molecule has 0 radical (unpaired) electrons. The quantitative estimate of drug-likeness (QED) is 0.268. The van der Waals surface area contributed by atoms with Crippen LogP contribution in [0.15, 0.2) is 71.8 Å². The van der Waals surface area contributed by atoms with Gasteiger partial charge in [0.2, 0.25) is 5.91 Å². The van der Waals surface area contributed by atoms with Gasteiger partial charge in [-0.3, -0.25) is 10.1 Å². The van der Waals surface area contributed by atoms with Crippen molar-refractivity contribution in [2.45, 2.75) is 72.1 Å². The van der Waals surface area contributed by atoms with E-state index in [1.807, 2.05) is 54.6 Å². The molecule has 0 spiro atoms. The summed E-state index contributed by atoms with van der Waals surface area (Å²) in [5.74, 6) is 1.96. The van der Waals surface area contributed by atoms with Crippen molar-refractivity contribution in [1.82, 2.24) is 10.6 Å². The number of carbonyl (C=O) groups is 2. The van der Waals surface area contributed by atoms with Crippen LogP contribution in [0.2, 0.25) is 0 Å². The molecule has 0 bridgehead atoms. The number of ether oxygens (including phenoxy) is 2. The molecule has 216 valence electrons. The van der Waals surface area contributed by atoms with E-state index >= 15 is 0 Å². The van der Waals surface area contributed by atoms with Gasteiger partial charge in [-0.1, -0.05) is 42.5 Å². The van der Waals surface area contributed by atoms with Crippen LogP contribution in [0.5, 0.6) is 0 Å². The Kier molecular flexibility index (Phi) is 7.93. The van der Waals surface area contributed by atoms with Gasteiger partial charge < -0.3 is 25.5 Å². The largest absolute Gasteiger partial charge is 0.474 e. The van der Waals surface area contributed by atoms with Crippen LogP contribution in [0.4, 0.5) is 10.5 Å². The van der Waals surface area contributed by atoms with Gasteiger partial charge in [-0.2, -0.15) is 0 Å². The highest BCUT2D eigenvalue weighted by molar-refractivity contribution is 6.22. The molecule has 1 heterocycles. The second-order valence-electron chi connectivity index (χ2n) is 12.3. The van der Waals surface area contributed by atoms with Gasteiger partial charge in [-0.15, -0.1) is 0 Å². The van der Waals surface area contributed by atoms with Crippen LogP contribution in [0.3, 0.4) is 0 Å². The van der Waals surface area contributed by atoms with E-state index in [0.717, 1.165) is 23.4 Å². The molecule has 5 rings (SSSR count). The molecule has 2 amide bonds. The fraction of sp³-hybridized carbons (Fsp3) is 0.424. The number of carbonyl (C=O) groups excluding carboxylic acids is 2. The van der Waals surface area contributed by atoms with Crippen molar-refractivity contribution in [3.05, 3.63) is 82.9 Å². The second-order valence-corrected chi connectivity index (χ2v) is 12.3. The van der Waals surface area contributed by atoms with E-state index in [1.54, 1.807) is 34.6 Å². The Hall–Kier alpha value is -4.07. The predicted octanol–water partition coefficient (Wildman–Crippen LogP) is 6.37. The first-order valence-corrected chi connectivity index (χ1v) is 14.3. The number of fused-ring (bicyclic) bond motifs is 1. The molecule has 41 heavy (non-hydrogen) atoms. The van der Waals surface area contributed by atoms with Crippen molar-refractivity contribution in [2.24, 2.45) is 17.8 Å². The van der Waals surface area contributed by atoms with Crippen LogP contribution in [-0.2, 0) is 20.9 Å². The molecule has 3 aliphatic rings. The fourth-order valence-corrected chi connectivity index (χ4v) is 5.73. The molecule has 1 aliphatic heterocycles. The molecule has 0 saturated heterocycles. The lowest BCUT2D eigenvalue weighted by atomic mass is 9.86. The number of amides is 2. The van der Waals surface area contributed by atoms with E-state index in [1.165, 1.54) is 18.4 Å². The van der Waals surface area contributed by atoms with Crippen molar-refractivity contribution in [1.29, 1.82) is 5.41 Å². The molecule has 8 nitrogen and oxygen atoms in total. The molecule has 2 unspecified atom stereocenters. The van der Waals surface area contributed by atoms with Crippen LogP contribution in [0.25, 0.3) is 5.57 Å². The Morgan fingerprint density at radius 2 is 1.71 bits per heavy atom. The minimum absolute atomic E-state index is 0.0665. The average Bonchev–Trinajstić information content (AvgIpc) is 3.82. The van der Waals surface area contributed by atoms with E-state index in [9.17, 15) is 9.59 Å². The summed E-state index contributed by atoms with van der Waals surface area (Å²) in [6, 6.07) is 17.1. The van der Waals surface area contributed by atoms with Gasteiger partial charge in [0, 0.05) is 22.7 Å². The van der Waals surface area contributed by atoms with E-state index in [2.05, 4.69) is 16.0 Å². The Balaban J connectivity index is 1.27. The molecular formula is C33H40N4O4. The molecule has 4 N–H and O–H groups in total. The number of allylic oxidation sites excluding steroid dienone is 3. The summed E-state index contributed by atoms with van der Waals surface area (Å²) in [7, 11) is 0. The van der Waals surface area contributed by atoms with Crippen LogP contribution in [0.1, 0.15) is 65.0 Å². The Bertz CT molecular complexity index is 1380.